The quantitative estimate of drug-likeness (QED) is 0.359. The van der Waals surface area contributed by atoms with Crippen LogP contribution in [-0.2, 0) is 14.4 Å². The van der Waals surface area contributed by atoms with Gasteiger partial charge in [0.15, 0.2) is 5.78 Å². The van der Waals surface area contributed by atoms with E-state index in [-0.39, 0.29) is 33.5 Å². The lowest BCUT2D eigenvalue weighted by Gasteiger charge is -2.60. The summed E-state index contributed by atoms with van der Waals surface area (Å²) in [5, 5.41) is 8.92. The summed E-state index contributed by atoms with van der Waals surface area (Å²) in [4.78, 5) is 36.9. The number of ketones is 2. The van der Waals surface area contributed by atoms with Gasteiger partial charge in [-0.05, 0) is 62.9 Å². The minimum absolute atomic E-state index is 0.00863. The number of hydrogen-bond acceptors (Lipinski definition) is 3. The van der Waals surface area contributed by atoms with Gasteiger partial charge in [0.25, 0.3) is 0 Å². The average Bonchev–Trinajstić information content (AvgIpc) is 3.02. The summed E-state index contributed by atoms with van der Waals surface area (Å²) in [5.74, 6) is 0.330. The highest BCUT2D eigenvalue weighted by Crippen LogP contribution is 2.68. The Hall–Kier alpha value is -2.49. The van der Waals surface area contributed by atoms with Crippen LogP contribution in [0.1, 0.15) is 80.6 Å². The molecule has 0 aromatic heterocycles. The van der Waals surface area contributed by atoms with Gasteiger partial charge in [-0.1, -0.05) is 69.7 Å². The van der Waals surface area contributed by atoms with E-state index in [9.17, 15) is 14.4 Å². The average molecular weight is 465 g/mol. The zero-order valence-electron chi connectivity index (χ0n) is 21.8. The van der Waals surface area contributed by atoms with Crippen molar-refractivity contribution < 1.29 is 19.5 Å². The maximum absolute atomic E-state index is 13.3. The van der Waals surface area contributed by atoms with Gasteiger partial charge >= 0.3 is 5.97 Å². The second kappa shape index (κ2) is 9.28. The van der Waals surface area contributed by atoms with Gasteiger partial charge in [0.2, 0.25) is 0 Å². The number of carboxylic acids is 1. The Bertz CT molecular complexity index is 1050. The molecule has 1 N–H and O–H groups in total. The van der Waals surface area contributed by atoms with Gasteiger partial charge in [-0.15, -0.1) is 0 Å². The summed E-state index contributed by atoms with van der Waals surface area (Å²) in [6.07, 6.45) is 15.2. The fraction of sp³-hybridized carbons (Fsp3) is 0.567. The first kappa shape index (κ1) is 26.1. The van der Waals surface area contributed by atoms with Gasteiger partial charge in [0.05, 0.1) is 0 Å². The highest BCUT2D eigenvalue weighted by Gasteiger charge is 2.64. The van der Waals surface area contributed by atoms with Crippen LogP contribution in [-0.4, -0.2) is 22.6 Å². The standard InChI is InChI=1S/C30H40O4/c1-19(11-9-13-21(3)27(33)34)10-8-12-20(2)26-22(31)18-24-29(6)17-15-25(32)28(4,5)23(29)14-16-30(24,26)7/h8-13,23-24H,14-18H2,1-7H3,(H,33,34)/b11-9?,12-8+,19-10?,21-13?,26-20+. The Morgan fingerprint density at radius 1 is 0.941 bits per heavy atom. The second-order valence-electron chi connectivity index (χ2n) is 11.7. The summed E-state index contributed by atoms with van der Waals surface area (Å²) in [6, 6.07) is 0. The molecule has 0 aromatic carbocycles. The predicted molar refractivity (Wildman–Crippen MR) is 136 cm³/mol. The molecule has 4 atom stereocenters. The number of carbonyl (C=O) groups is 3. The van der Waals surface area contributed by atoms with Gasteiger partial charge < -0.3 is 5.11 Å². The smallest absolute Gasteiger partial charge is 0.331 e. The molecule has 3 aliphatic rings. The first-order valence-electron chi connectivity index (χ1n) is 12.5. The van der Waals surface area contributed by atoms with Crippen LogP contribution in [0.15, 0.2) is 58.7 Å². The Balaban J connectivity index is 1.86. The second-order valence-corrected chi connectivity index (χ2v) is 11.7. The number of fused-ring (bicyclic) bond motifs is 3. The minimum Gasteiger partial charge on any atom is -0.478 e. The molecule has 3 aliphatic carbocycles. The molecule has 34 heavy (non-hydrogen) atoms. The van der Waals surface area contributed by atoms with Gasteiger partial charge in [-0.25, -0.2) is 4.79 Å². The van der Waals surface area contributed by atoms with Crippen molar-refractivity contribution in [2.75, 3.05) is 0 Å². The molecule has 0 aromatic rings. The monoisotopic (exact) mass is 464 g/mol. The summed E-state index contributed by atoms with van der Waals surface area (Å²) in [5.41, 5.74) is 2.83. The zero-order chi connectivity index (χ0) is 25.5. The van der Waals surface area contributed by atoms with E-state index in [0.29, 0.717) is 24.5 Å². The lowest BCUT2D eigenvalue weighted by Crippen LogP contribution is -2.56. The normalized spacial score (nSPS) is 35.6. The lowest BCUT2D eigenvalue weighted by atomic mass is 9.43. The van der Waals surface area contributed by atoms with Crippen molar-refractivity contribution in [1.29, 1.82) is 0 Å². The Kier molecular flexibility index (Phi) is 7.13. The highest BCUT2D eigenvalue weighted by atomic mass is 16.4. The maximum atomic E-state index is 13.3. The van der Waals surface area contributed by atoms with Gasteiger partial charge in [0.1, 0.15) is 5.78 Å². The van der Waals surface area contributed by atoms with Crippen LogP contribution >= 0.6 is 0 Å². The molecule has 3 rings (SSSR count). The number of aliphatic carboxylic acids is 1. The van der Waals surface area contributed by atoms with E-state index in [0.717, 1.165) is 36.0 Å². The fourth-order valence-electron chi connectivity index (χ4n) is 7.28. The molecular weight excluding hydrogens is 424 g/mol. The van der Waals surface area contributed by atoms with Crippen LogP contribution in [0.3, 0.4) is 0 Å². The minimum atomic E-state index is -0.923. The molecule has 0 radical (unpaired) electrons. The summed E-state index contributed by atoms with van der Waals surface area (Å²) in [6.45, 7) is 14.4. The number of allylic oxidation sites excluding steroid dienone is 9. The van der Waals surface area contributed by atoms with E-state index in [1.165, 1.54) is 0 Å². The third kappa shape index (κ3) is 4.44. The molecule has 4 nitrogen and oxygen atoms in total. The molecular formula is C30H40O4. The van der Waals surface area contributed by atoms with Gasteiger partial charge in [-0.3, -0.25) is 9.59 Å². The molecule has 0 aliphatic heterocycles. The van der Waals surface area contributed by atoms with Crippen LogP contribution in [0.25, 0.3) is 0 Å². The maximum Gasteiger partial charge on any atom is 0.331 e. The fourth-order valence-corrected chi connectivity index (χ4v) is 7.28. The highest BCUT2D eigenvalue weighted by molar-refractivity contribution is 6.01. The van der Waals surface area contributed by atoms with Crippen LogP contribution in [0.4, 0.5) is 0 Å². The molecule has 3 saturated carbocycles. The molecule has 0 heterocycles. The van der Waals surface area contributed by atoms with Crippen molar-refractivity contribution in [2.45, 2.75) is 80.6 Å². The molecule has 3 fully saturated rings. The van der Waals surface area contributed by atoms with E-state index in [1.54, 1.807) is 19.1 Å². The van der Waals surface area contributed by atoms with Crippen LogP contribution < -0.4 is 0 Å². The first-order chi connectivity index (χ1) is 15.7. The zero-order valence-corrected chi connectivity index (χ0v) is 21.8. The Morgan fingerprint density at radius 2 is 1.59 bits per heavy atom. The summed E-state index contributed by atoms with van der Waals surface area (Å²) >= 11 is 0. The molecule has 0 saturated heterocycles. The number of carboxylic acid groups (broad SMARTS) is 1. The van der Waals surface area contributed by atoms with Crippen molar-refractivity contribution in [3.8, 4) is 0 Å². The van der Waals surface area contributed by atoms with Crippen molar-refractivity contribution in [2.24, 2.45) is 28.1 Å². The first-order valence-corrected chi connectivity index (χ1v) is 12.5. The number of carbonyl (C=O) groups excluding carboxylic acids is 2. The Labute approximate surface area is 204 Å². The van der Waals surface area contributed by atoms with Crippen molar-refractivity contribution in [3.05, 3.63) is 58.7 Å². The molecule has 4 unspecified atom stereocenters. The van der Waals surface area contributed by atoms with E-state index in [2.05, 4.69) is 27.7 Å². The van der Waals surface area contributed by atoms with Crippen LogP contribution in [0, 0.1) is 28.1 Å². The molecule has 0 spiro atoms. The van der Waals surface area contributed by atoms with E-state index >= 15 is 0 Å². The topological polar surface area (TPSA) is 71.4 Å². The molecule has 4 heteroatoms. The van der Waals surface area contributed by atoms with Crippen molar-refractivity contribution >= 4 is 17.5 Å². The van der Waals surface area contributed by atoms with Gasteiger partial charge in [-0.2, -0.15) is 0 Å². The Morgan fingerprint density at radius 3 is 2.24 bits per heavy atom. The molecule has 0 bridgehead atoms. The van der Waals surface area contributed by atoms with Crippen molar-refractivity contribution in [1.82, 2.24) is 0 Å². The number of hydrogen-bond donors (Lipinski definition) is 1. The van der Waals surface area contributed by atoms with Crippen molar-refractivity contribution in [3.63, 3.8) is 0 Å². The van der Waals surface area contributed by atoms with E-state index in [1.807, 2.05) is 38.2 Å². The molecule has 184 valence electrons. The lowest BCUT2D eigenvalue weighted by molar-refractivity contribution is -0.154. The largest absolute Gasteiger partial charge is 0.478 e. The molecule has 0 amide bonds. The number of Topliss-reactive ketones (excluding diaryl/α,β-unsaturated/α-hetero) is 2. The van der Waals surface area contributed by atoms with Crippen LogP contribution in [0.5, 0.6) is 0 Å². The SMILES string of the molecule is CC(C=CC=C(C)C(=O)O)=C/C=C/C(C)=C1\C(=O)CC2C1(C)CCC1C(C)(C)C(=O)CCC12C. The predicted octanol–water partition coefficient (Wildman–Crippen LogP) is 6.79. The van der Waals surface area contributed by atoms with E-state index in [4.69, 9.17) is 5.11 Å². The number of rotatable bonds is 5. The van der Waals surface area contributed by atoms with Gasteiger partial charge in [0, 0.05) is 34.8 Å². The summed E-state index contributed by atoms with van der Waals surface area (Å²) in [7, 11) is 0. The van der Waals surface area contributed by atoms with E-state index < -0.39 is 5.97 Å². The third-order valence-corrected chi connectivity index (χ3v) is 9.18. The summed E-state index contributed by atoms with van der Waals surface area (Å²) < 4.78 is 0. The van der Waals surface area contributed by atoms with Crippen LogP contribution in [0.2, 0.25) is 0 Å². The third-order valence-electron chi connectivity index (χ3n) is 9.18.